The van der Waals surface area contributed by atoms with Gasteiger partial charge in [-0.3, -0.25) is 0 Å². The molecule has 4 nitrogen and oxygen atoms in total. The van der Waals surface area contributed by atoms with Gasteiger partial charge in [0.25, 0.3) is 0 Å². The van der Waals surface area contributed by atoms with E-state index in [0.717, 1.165) is 41.7 Å². The Kier molecular flexibility index (Phi) is 5.37. The Labute approximate surface area is 133 Å². The van der Waals surface area contributed by atoms with Crippen molar-refractivity contribution in [2.75, 3.05) is 5.75 Å². The van der Waals surface area contributed by atoms with Gasteiger partial charge in [0, 0.05) is 12.2 Å². The van der Waals surface area contributed by atoms with Crippen LogP contribution >= 0.6 is 28.7 Å². The lowest BCUT2D eigenvalue weighted by Gasteiger charge is -2.13. The fraction of sp³-hybridized carbons (Fsp3) is 0.357. The van der Waals surface area contributed by atoms with Crippen molar-refractivity contribution < 1.29 is 0 Å². The van der Waals surface area contributed by atoms with Crippen molar-refractivity contribution >= 4 is 34.5 Å². The van der Waals surface area contributed by atoms with Crippen molar-refractivity contribution in [1.82, 2.24) is 14.9 Å². The largest absolute Gasteiger partial charge is 0.212 e. The molecule has 0 atom stereocenters. The van der Waals surface area contributed by atoms with Gasteiger partial charge < -0.3 is 0 Å². The molecular weight excluding hydrogens is 336 g/mol. The number of halogens is 1. The van der Waals surface area contributed by atoms with Crippen LogP contribution in [0.2, 0.25) is 0 Å². The molecule has 0 amide bonds. The quantitative estimate of drug-likeness (QED) is 0.844. The topological polar surface area (TPSA) is 43.1 Å². The van der Waals surface area contributed by atoms with Crippen LogP contribution in [0.3, 0.4) is 0 Å². The maximum absolute atomic E-state index is 4.72. The van der Waals surface area contributed by atoms with Crippen LogP contribution in [-0.2, 0) is 6.42 Å². The molecule has 1 aliphatic rings. The summed E-state index contributed by atoms with van der Waals surface area (Å²) in [5.74, 6) is 1.83. The highest BCUT2D eigenvalue weighted by atomic mass is 79.9. The normalized spacial score (nSPS) is 13.3. The van der Waals surface area contributed by atoms with E-state index in [0.29, 0.717) is 0 Å². The average Bonchev–Trinajstić information content (AvgIpc) is 2.88. The van der Waals surface area contributed by atoms with Gasteiger partial charge in [-0.05, 0) is 12.0 Å². The Balaban J connectivity index is 0.00000147. The van der Waals surface area contributed by atoms with E-state index in [4.69, 9.17) is 5.10 Å². The summed E-state index contributed by atoms with van der Waals surface area (Å²) in [5, 5.41) is 14.1. The molecule has 2 aromatic rings. The average molecular weight is 353 g/mol. The molecule has 0 bridgehead atoms. The van der Waals surface area contributed by atoms with Gasteiger partial charge in [-0.15, -0.1) is 27.2 Å². The van der Waals surface area contributed by atoms with Crippen molar-refractivity contribution in [2.24, 2.45) is 5.10 Å². The van der Waals surface area contributed by atoms with E-state index in [1.807, 2.05) is 22.9 Å². The smallest absolute Gasteiger partial charge is 0.191 e. The van der Waals surface area contributed by atoms with Crippen LogP contribution in [0.1, 0.15) is 31.2 Å². The first-order valence-electron chi connectivity index (χ1n) is 6.59. The van der Waals surface area contributed by atoms with Gasteiger partial charge in [0.1, 0.15) is 0 Å². The molecule has 0 aliphatic carbocycles. The summed E-state index contributed by atoms with van der Waals surface area (Å²) in [7, 11) is 0. The van der Waals surface area contributed by atoms with Crippen molar-refractivity contribution in [2.45, 2.75) is 31.3 Å². The molecule has 1 aliphatic heterocycles. The predicted molar refractivity (Wildman–Crippen MR) is 88.1 cm³/mol. The molecule has 6 heteroatoms. The SMILES string of the molecule is Br.CCCCc1nnc2n1N=C(c1ccccc1)CS2. The Morgan fingerprint density at radius 1 is 1.20 bits per heavy atom. The van der Waals surface area contributed by atoms with Crippen LogP contribution in [0.25, 0.3) is 0 Å². The lowest BCUT2D eigenvalue weighted by atomic mass is 10.1. The third-order valence-corrected chi connectivity index (χ3v) is 4.03. The first-order chi connectivity index (χ1) is 9.38. The number of thioether (sulfide) groups is 1. The molecule has 106 valence electrons. The number of benzene rings is 1. The Hall–Kier alpha value is -1.14. The van der Waals surface area contributed by atoms with Crippen LogP contribution < -0.4 is 0 Å². The fourth-order valence-corrected chi connectivity index (χ4v) is 2.89. The highest BCUT2D eigenvalue weighted by Crippen LogP contribution is 2.24. The standard InChI is InChI=1S/C14H16N4S.BrH/c1-2-3-9-13-15-16-14-18(13)17-12(10-19-14)11-7-5-4-6-8-11;/h4-8H,2-3,9-10H2,1H3;1H. The van der Waals surface area contributed by atoms with E-state index >= 15 is 0 Å². The lowest BCUT2D eigenvalue weighted by molar-refractivity contribution is 0.671. The molecule has 0 fully saturated rings. The minimum Gasteiger partial charge on any atom is -0.191 e. The third-order valence-electron chi connectivity index (χ3n) is 3.10. The molecule has 0 saturated heterocycles. The molecule has 0 N–H and O–H groups in total. The second kappa shape index (κ2) is 7.04. The fourth-order valence-electron chi connectivity index (χ4n) is 2.03. The van der Waals surface area contributed by atoms with E-state index in [1.165, 1.54) is 5.56 Å². The molecule has 0 spiro atoms. The van der Waals surface area contributed by atoms with E-state index in [-0.39, 0.29) is 17.0 Å². The highest BCUT2D eigenvalue weighted by molar-refractivity contribution is 8.93. The Bertz CT molecular complexity index is 594. The van der Waals surface area contributed by atoms with Gasteiger partial charge in [0.15, 0.2) is 5.82 Å². The summed E-state index contributed by atoms with van der Waals surface area (Å²) in [6.45, 7) is 2.18. The molecule has 1 aromatic carbocycles. The van der Waals surface area contributed by atoms with Crippen molar-refractivity contribution in [3.8, 4) is 0 Å². The highest BCUT2D eigenvalue weighted by Gasteiger charge is 2.19. The Morgan fingerprint density at radius 3 is 2.75 bits per heavy atom. The molecule has 3 rings (SSSR count). The molecule has 2 heterocycles. The second-order valence-corrected chi connectivity index (χ2v) is 5.46. The summed E-state index contributed by atoms with van der Waals surface area (Å²) in [4.78, 5) is 0. The number of unbranched alkanes of at least 4 members (excludes halogenated alkanes) is 1. The minimum absolute atomic E-state index is 0. The van der Waals surface area contributed by atoms with E-state index < -0.39 is 0 Å². The summed E-state index contributed by atoms with van der Waals surface area (Å²) in [6, 6.07) is 10.3. The maximum Gasteiger partial charge on any atom is 0.212 e. The zero-order chi connectivity index (χ0) is 13.1. The third kappa shape index (κ3) is 3.12. The predicted octanol–water partition coefficient (Wildman–Crippen LogP) is 3.56. The van der Waals surface area contributed by atoms with Gasteiger partial charge in [0.05, 0.1) is 5.71 Å². The van der Waals surface area contributed by atoms with Crippen LogP contribution in [0.4, 0.5) is 0 Å². The van der Waals surface area contributed by atoms with Crippen LogP contribution in [0, 0.1) is 0 Å². The van der Waals surface area contributed by atoms with Crippen LogP contribution in [0.15, 0.2) is 40.6 Å². The summed E-state index contributed by atoms with van der Waals surface area (Å²) in [6.07, 6.45) is 3.22. The maximum atomic E-state index is 4.72. The van der Waals surface area contributed by atoms with Crippen molar-refractivity contribution in [1.29, 1.82) is 0 Å². The lowest BCUT2D eigenvalue weighted by Crippen LogP contribution is -2.14. The van der Waals surface area contributed by atoms with Gasteiger partial charge in [0.2, 0.25) is 5.16 Å². The number of aromatic nitrogens is 3. The van der Waals surface area contributed by atoms with Gasteiger partial charge in [-0.25, -0.2) is 0 Å². The number of hydrogen-bond acceptors (Lipinski definition) is 4. The van der Waals surface area contributed by atoms with E-state index in [2.05, 4.69) is 29.3 Å². The van der Waals surface area contributed by atoms with Crippen LogP contribution in [-0.4, -0.2) is 26.3 Å². The number of fused-ring (bicyclic) bond motifs is 1. The number of nitrogens with zero attached hydrogens (tertiary/aromatic N) is 4. The number of hydrogen-bond donors (Lipinski definition) is 0. The van der Waals surface area contributed by atoms with Gasteiger partial charge in [-0.1, -0.05) is 55.4 Å². The molecule has 0 unspecified atom stereocenters. The molecule has 0 radical (unpaired) electrons. The Morgan fingerprint density at radius 2 is 2.00 bits per heavy atom. The van der Waals surface area contributed by atoms with Crippen LogP contribution in [0.5, 0.6) is 0 Å². The van der Waals surface area contributed by atoms with Crippen molar-refractivity contribution in [3.63, 3.8) is 0 Å². The molecule has 20 heavy (non-hydrogen) atoms. The molecule has 0 saturated carbocycles. The minimum atomic E-state index is 0. The van der Waals surface area contributed by atoms with Crippen molar-refractivity contribution in [3.05, 3.63) is 41.7 Å². The summed E-state index contributed by atoms with van der Waals surface area (Å²) < 4.78 is 1.91. The van der Waals surface area contributed by atoms with Gasteiger partial charge in [-0.2, -0.15) is 9.78 Å². The summed E-state index contributed by atoms with van der Waals surface area (Å²) >= 11 is 1.70. The van der Waals surface area contributed by atoms with Gasteiger partial charge >= 0.3 is 0 Å². The zero-order valence-electron chi connectivity index (χ0n) is 11.3. The first-order valence-corrected chi connectivity index (χ1v) is 7.57. The summed E-state index contributed by atoms with van der Waals surface area (Å²) in [5.41, 5.74) is 2.27. The number of rotatable bonds is 4. The monoisotopic (exact) mass is 352 g/mol. The first kappa shape index (κ1) is 15.3. The van der Waals surface area contributed by atoms with E-state index in [9.17, 15) is 0 Å². The second-order valence-electron chi connectivity index (χ2n) is 4.52. The van der Waals surface area contributed by atoms with E-state index in [1.54, 1.807) is 11.8 Å². The molecule has 1 aromatic heterocycles. The number of aryl methyl sites for hydroxylation is 1. The zero-order valence-corrected chi connectivity index (χ0v) is 13.9. The molecular formula is C14H17BrN4S.